The third-order valence-corrected chi connectivity index (χ3v) is 8.36. The molecule has 11 heteroatoms. The van der Waals surface area contributed by atoms with Crippen LogP contribution in [0.1, 0.15) is 44.6 Å². The lowest BCUT2D eigenvalue weighted by atomic mass is 9.95. The van der Waals surface area contributed by atoms with Crippen LogP contribution in [0.2, 0.25) is 0 Å². The zero-order valence-electron chi connectivity index (χ0n) is 21.4. The second-order valence-electron chi connectivity index (χ2n) is 9.38. The number of hydrogen-bond acceptors (Lipinski definition) is 4. The Balaban J connectivity index is 1.94. The summed E-state index contributed by atoms with van der Waals surface area (Å²) in [6.45, 7) is 0.472. The van der Waals surface area contributed by atoms with E-state index in [9.17, 15) is 26.8 Å². The highest BCUT2D eigenvalue weighted by Crippen LogP contribution is 2.24. The summed E-state index contributed by atoms with van der Waals surface area (Å²) >= 11 is 0. The van der Waals surface area contributed by atoms with Crippen molar-refractivity contribution in [2.24, 2.45) is 0 Å². The van der Waals surface area contributed by atoms with E-state index in [1.54, 1.807) is 6.07 Å². The van der Waals surface area contributed by atoms with Crippen LogP contribution in [-0.2, 0) is 26.3 Å². The van der Waals surface area contributed by atoms with Crippen molar-refractivity contribution in [1.29, 1.82) is 0 Å². The second kappa shape index (κ2) is 12.5. The quantitative estimate of drug-likeness (QED) is 0.504. The maximum Gasteiger partial charge on any atom is 0.304 e. The van der Waals surface area contributed by atoms with Crippen LogP contribution >= 0.6 is 0 Å². The Bertz CT molecular complexity index is 1200. The van der Waals surface area contributed by atoms with Crippen molar-refractivity contribution in [2.75, 3.05) is 24.9 Å². The fraction of sp³-hybridized carbons (Fsp3) is 0.462. The number of hydrogen-bond donors (Lipinski definition) is 1. The number of para-hydroxylation sites is 1. The van der Waals surface area contributed by atoms with Gasteiger partial charge in [-0.2, -0.15) is 12.7 Å². The van der Waals surface area contributed by atoms with Gasteiger partial charge in [0.1, 0.15) is 24.2 Å². The maximum absolute atomic E-state index is 14.7. The van der Waals surface area contributed by atoms with Gasteiger partial charge in [-0.15, -0.1) is 0 Å². The monoisotopic (exact) mass is 536 g/mol. The maximum atomic E-state index is 14.7. The van der Waals surface area contributed by atoms with Crippen LogP contribution in [0, 0.1) is 11.6 Å². The molecule has 2 aromatic carbocycles. The minimum Gasteiger partial charge on any atom is -0.352 e. The summed E-state index contributed by atoms with van der Waals surface area (Å²) in [5.41, 5.74) is -0.143. The lowest BCUT2D eigenvalue weighted by Gasteiger charge is -2.34. The molecule has 0 radical (unpaired) electrons. The van der Waals surface area contributed by atoms with Crippen LogP contribution in [0.5, 0.6) is 0 Å². The molecule has 202 valence electrons. The molecule has 0 heterocycles. The SMILES string of the molecule is CC(C(=O)NC1CCCCC1)N(Cc1ccccc1F)C(=O)CN(c1ccccc1F)S(=O)(=O)N(C)C. The molecule has 3 rings (SSSR count). The van der Waals surface area contributed by atoms with E-state index in [0.29, 0.717) is 4.31 Å². The summed E-state index contributed by atoms with van der Waals surface area (Å²) in [6, 6.07) is 10.0. The third-order valence-electron chi connectivity index (χ3n) is 6.56. The van der Waals surface area contributed by atoms with E-state index in [-0.39, 0.29) is 23.8 Å². The molecule has 0 aliphatic heterocycles. The average molecular weight is 537 g/mol. The minimum atomic E-state index is -4.29. The van der Waals surface area contributed by atoms with Crippen molar-refractivity contribution < 1.29 is 26.8 Å². The molecule has 2 amide bonds. The van der Waals surface area contributed by atoms with Crippen molar-refractivity contribution in [1.82, 2.24) is 14.5 Å². The Kier molecular flexibility index (Phi) is 9.61. The standard InChI is InChI=1S/C26H34F2N4O4S/c1-19(26(34)29-21-12-5-4-6-13-21)31(17-20-11-7-8-14-22(20)27)25(33)18-32(37(35,36)30(2)3)24-16-10-9-15-23(24)28/h7-11,14-16,19,21H,4-6,12-13,17-18H2,1-3H3,(H,29,34). The van der Waals surface area contributed by atoms with E-state index in [4.69, 9.17) is 0 Å². The van der Waals surface area contributed by atoms with Gasteiger partial charge >= 0.3 is 10.2 Å². The van der Waals surface area contributed by atoms with E-state index in [2.05, 4.69) is 5.32 Å². The topological polar surface area (TPSA) is 90.0 Å². The first-order valence-corrected chi connectivity index (χ1v) is 13.7. The predicted molar refractivity (Wildman–Crippen MR) is 138 cm³/mol. The Morgan fingerprint density at radius 1 is 0.973 bits per heavy atom. The summed E-state index contributed by atoms with van der Waals surface area (Å²) in [5, 5.41) is 2.97. The molecule has 1 unspecified atom stereocenters. The molecule has 1 aliphatic rings. The average Bonchev–Trinajstić information content (AvgIpc) is 2.87. The van der Waals surface area contributed by atoms with Crippen LogP contribution in [0.25, 0.3) is 0 Å². The Morgan fingerprint density at radius 3 is 2.16 bits per heavy atom. The summed E-state index contributed by atoms with van der Waals surface area (Å²) in [4.78, 5) is 27.9. The van der Waals surface area contributed by atoms with Gasteiger partial charge in [-0.05, 0) is 38.0 Å². The van der Waals surface area contributed by atoms with E-state index < -0.39 is 46.2 Å². The van der Waals surface area contributed by atoms with Crippen LogP contribution in [0.15, 0.2) is 48.5 Å². The van der Waals surface area contributed by atoms with Crippen LogP contribution < -0.4 is 9.62 Å². The molecule has 0 bridgehead atoms. The van der Waals surface area contributed by atoms with Crippen molar-refractivity contribution in [3.05, 3.63) is 65.7 Å². The number of nitrogens with one attached hydrogen (secondary N) is 1. The van der Waals surface area contributed by atoms with E-state index in [0.717, 1.165) is 47.4 Å². The summed E-state index contributed by atoms with van der Waals surface area (Å²) in [7, 11) is -1.75. The second-order valence-corrected chi connectivity index (χ2v) is 11.4. The molecule has 0 aromatic heterocycles. The zero-order valence-corrected chi connectivity index (χ0v) is 22.2. The molecule has 1 aliphatic carbocycles. The lowest BCUT2D eigenvalue weighted by Crippen LogP contribution is -2.54. The molecule has 37 heavy (non-hydrogen) atoms. The number of benzene rings is 2. The Hall–Kier alpha value is -3.05. The smallest absolute Gasteiger partial charge is 0.304 e. The summed E-state index contributed by atoms with van der Waals surface area (Å²) in [6.07, 6.45) is 4.77. The highest BCUT2D eigenvalue weighted by molar-refractivity contribution is 7.90. The van der Waals surface area contributed by atoms with Gasteiger partial charge in [-0.25, -0.2) is 13.1 Å². The number of nitrogens with zero attached hydrogens (tertiary/aromatic N) is 3. The minimum absolute atomic E-state index is 0.0156. The molecule has 1 saturated carbocycles. The Morgan fingerprint density at radius 2 is 1.57 bits per heavy atom. The first-order chi connectivity index (χ1) is 17.5. The highest BCUT2D eigenvalue weighted by Gasteiger charge is 2.34. The van der Waals surface area contributed by atoms with E-state index in [1.165, 1.54) is 57.4 Å². The van der Waals surface area contributed by atoms with Gasteiger partial charge in [0.15, 0.2) is 0 Å². The largest absolute Gasteiger partial charge is 0.352 e. The van der Waals surface area contributed by atoms with Crippen molar-refractivity contribution in [3.63, 3.8) is 0 Å². The Labute approximate surface area is 217 Å². The number of rotatable bonds is 10. The van der Waals surface area contributed by atoms with Gasteiger partial charge in [0, 0.05) is 32.2 Å². The van der Waals surface area contributed by atoms with E-state index in [1.807, 2.05) is 0 Å². The summed E-state index contributed by atoms with van der Waals surface area (Å²) in [5.74, 6) is -2.58. The lowest BCUT2D eigenvalue weighted by molar-refractivity contribution is -0.139. The number of carbonyl (C=O) groups is 2. The number of carbonyl (C=O) groups excluding carboxylic acids is 2. The van der Waals surface area contributed by atoms with Gasteiger partial charge < -0.3 is 10.2 Å². The first-order valence-electron chi connectivity index (χ1n) is 12.3. The van der Waals surface area contributed by atoms with Crippen molar-refractivity contribution >= 4 is 27.7 Å². The molecule has 1 atom stereocenters. The highest BCUT2D eigenvalue weighted by atomic mass is 32.2. The molecule has 2 aromatic rings. The number of halogens is 2. The fourth-order valence-electron chi connectivity index (χ4n) is 4.32. The van der Waals surface area contributed by atoms with Crippen LogP contribution in [-0.4, -0.2) is 62.2 Å². The molecule has 1 N–H and O–H groups in total. The van der Waals surface area contributed by atoms with E-state index >= 15 is 0 Å². The van der Waals surface area contributed by atoms with Gasteiger partial charge in [0.05, 0.1) is 5.69 Å². The van der Waals surface area contributed by atoms with Gasteiger partial charge in [0.25, 0.3) is 0 Å². The number of anilines is 1. The number of amides is 2. The molecule has 1 fully saturated rings. The summed E-state index contributed by atoms with van der Waals surface area (Å²) < 4.78 is 56.9. The molecule has 0 spiro atoms. The molecule has 8 nitrogen and oxygen atoms in total. The predicted octanol–water partition coefficient (Wildman–Crippen LogP) is 3.44. The fourth-order valence-corrected chi connectivity index (χ4v) is 5.38. The molecular formula is C26H34F2N4O4S. The molecular weight excluding hydrogens is 502 g/mol. The third kappa shape index (κ3) is 7.04. The van der Waals surface area contributed by atoms with Crippen LogP contribution in [0.4, 0.5) is 14.5 Å². The van der Waals surface area contributed by atoms with Crippen LogP contribution in [0.3, 0.4) is 0 Å². The van der Waals surface area contributed by atoms with Gasteiger partial charge in [0.2, 0.25) is 11.8 Å². The molecule has 0 saturated heterocycles. The first kappa shape index (κ1) is 28.5. The van der Waals surface area contributed by atoms with Crippen molar-refractivity contribution in [2.45, 2.75) is 57.7 Å². The zero-order chi connectivity index (χ0) is 27.2. The normalized spacial score (nSPS) is 15.3. The van der Waals surface area contributed by atoms with Gasteiger partial charge in [-0.3, -0.25) is 9.59 Å². The van der Waals surface area contributed by atoms with Gasteiger partial charge in [-0.1, -0.05) is 49.6 Å². The van der Waals surface area contributed by atoms with Crippen molar-refractivity contribution in [3.8, 4) is 0 Å².